The van der Waals surface area contributed by atoms with Gasteiger partial charge >= 0.3 is 0 Å². The average molecular weight is 808 g/mol. The van der Waals surface area contributed by atoms with Gasteiger partial charge in [0.15, 0.2) is 0 Å². The Morgan fingerprint density at radius 1 is 0.339 bits per heavy atom. The maximum absolute atomic E-state index is 5.53. The Morgan fingerprint density at radius 2 is 0.855 bits per heavy atom. The van der Waals surface area contributed by atoms with Crippen molar-refractivity contribution in [2.24, 2.45) is 0 Å². The molecule has 0 radical (unpaired) electrons. The largest absolute Gasteiger partial charge is 0.292 e. The first-order valence-electron chi connectivity index (χ1n) is 21.1. The summed E-state index contributed by atoms with van der Waals surface area (Å²) in [5, 5.41) is 10.9. The molecule has 0 fully saturated rings. The van der Waals surface area contributed by atoms with Gasteiger partial charge in [-0.2, -0.15) is 0 Å². The van der Waals surface area contributed by atoms with E-state index >= 15 is 0 Å². The Balaban J connectivity index is 1.12. The van der Waals surface area contributed by atoms with Gasteiger partial charge in [0.25, 0.3) is 0 Å². The van der Waals surface area contributed by atoms with Crippen molar-refractivity contribution in [2.75, 3.05) is 0 Å². The number of aromatic nitrogens is 3. The lowest BCUT2D eigenvalue weighted by molar-refractivity contribution is 1.10. The van der Waals surface area contributed by atoms with Crippen molar-refractivity contribution >= 4 is 78.2 Å². The van der Waals surface area contributed by atoms with Crippen molar-refractivity contribution in [1.29, 1.82) is 0 Å². The highest BCUT2D eigenvalue weighted by Crippen LogP contribution is 2.43. The Hall–Kier alpha value is -7.71. The summed E-state index contributed by atoms with van der Waals surface area (Å²) in [5.74, 6) is 0.921. The summed E-state index contributed by atoms with van der Waals surface area (Å²) in [4.78, 5) is 10.7. The van der Waals surface area contributed by atoms with Crippen molar-refractivity contribution in [1.82, 2.24) is 14.5 Å². The molecule has 0 saturated carbocycles. The molecule has 0 aliphatic heterocycles. The zero-order valence-electron chi connectivity index (χ0n) is 33.7. The van der Waals surface area contributed by atoms with E-state index in [1.165, 1.54) is 43.4 Å². The van der Waals surface area contributed by atoms with Crippen LogP contribution in [0.25, 0.3) is 93.7 Å². The number of nitrogens with zero attached hydrogens (tertiary/aromatic N) is 3. The fraction of sp³-hybridized carbons (Fsp3) is 0. The first kappa shape index (κ1) is 36.2. The zero-order valence-corrected chi connectivity index (χ0v) is 34.6. The maximum Gasteiger partial charge on any atom is 0.145 e. The summed E-state index contributed by atoms with van der Waals surface area (Å²) in [6.45, 7) is 0. The minimum atomic E-state index is -0.915. The number of rotatable bonds is 7. The minimum Gasteiger partial charge on any atom is -0.292 e. The molecule has 2 heterocycles. The molecular formula is C58H38N3P. The van der Waals surface area contributed by atoms with Crippen LogP contribution in [0.5, 0.6) is 0 Å². The number of para-hydroxylation sites is 3. The van der Waals surface area contributed by atoms with E-state index in [-0.39, 0.29) is 0 Å². The topological polar surface area (TPSA) is 30.7 Å². The predicted molar refractivity (Wildman–Crippen MR) is 264 cm³/mol. The van der Waals surface area contributed by atoms with Crippen molar-refractivity contribution in [3.8, 4) is 39.3 Å². The van der Waals surface area contributed by atoms with Gasteiger partial charge in [-0.25, -0.2) is 9.97 Å². The van der Waals surface area contributed by atoms with E-state index in [0.29, 0.717) is 0 Å². The SMILES string of the molecule is c1ccc(-n2c(-c3ccc(-c4cc(-c5c6ccc7ccccc7c6nc6c5ccc5ccccc56)cc(P(c5ccccc5)c5ccccc5)c4)cc3)nc3ccccc32)cc1. The third-order valence-electron chi connectivity index (χ3n) is 12.1. The molecule has 0 spiro atoms. The summed E-state index contributed by atoms with van der Waals surface area (Å²) in [6, 6.07) is 83.6. The Labute approximate surface area is 361 Å². The van der Waals surface area contributed by atoms with Crippen LogP contribution in [0, 0.1) is 0 Å². The number of pyridine rings is 1. The second-order valence-electron chi connectivity index (χ2n) is 15.8. The van der Waals surface area contributed by atoms with Gasteiger partial charge < -0.3 is 0 Å². The highest BCUT2D eigenvalue weighted by atomic mass is 31.1. The van der Waals surface area contributed by atoms with Crippen LogP contribution in [-0.4, -0.2) is 14.5 Å². The van der Waals surface area contributed by atoms with Gasteiger partial charge in [0.2, 0.25) is 0 Å². The van der Waals surface area contributed by atoms with E-state index in [2.05, 4.69) is 235 Å². The van der Waals surface area contributed by atoms with Crippen LogP contribution >= 0.6 is 7.92 Å². The smallest absolute Gasteiger partial charge is 0.145 e. The lowest BCUT2D eigenvalue weighted by atomic mass is 9.91. The first-order valence-corrected chi connectivity index (χ1v) is 22.4. The molecule has 3 nitrogen and oxygen atoms in total. The van der Waals surface area contributed by atoms with Crippen LogP contribution in [0.3, 0.4) is 0 Å². The molecule has 62 heavy (non-hydrogen) atoms. The monoisotopic (exact) mass is 807 g/mol. The normalized spacial score (nSPS) is 11.7. The van der Waals surface area contributed by atoms with Gasteiger partial charge in [-0.05, 0) is 93.8 Å². The van der Waals surface area contributed by atoms with Crippen LogP contribution in [-0.2, 0) is 0 Å². The van der Waals surface area contributed by atoms with Crippen molar-refractivity contribution in [2.45, 2.75) is 0 Å². The van der Waals surface area contributed by atoms with Crippen LogP contribution in [0.1, 0.15) is 0 Å². The van der Waals surface area contributed by atoms with E-state index in [4.69, 9.17) is 9.97 Å². The fourth-order valence-electron chi connectivity index (χ4n) is 9.24. The van der Waals surface area contributed by atoms with Gasteiger partial charge in [-0.1, -0.05) is 188 Å². The molecule has 10 aromatic carbocycles. The molecular weight excluding hydrogens is 770 g/mol. The number of benzene rings is 10. The van der Waals surface area contributed by atoms with Crippen LogP contribution in [0.15, 0.2) is 231 Å². The molecule has 0 N–H and O–H groups in total. The molecule has 0 aliphatic carbocycles. The molecule has 0 bridgehead atoms. The standard InChI is InChI=1S/C58H38N3P/c1-4-18-45(19-5-1)61-54-27-15-14-26-53(54)59-58(61)42-30-28-39(29-31-42)43-36-44(38-48(37-43)62(46-20-6-2-7-21-46)47-22-8-3-9-23-47)55-51-34-32-40-16-10-12-24-49(40)56(51)60-57-50-25-13-11-17-41(50)33-35-52(55)57/h1-38H. The molecule has 290 valence electrons. The lowest BCUT2D eigenvalue weighted by Gasteiger charge is -2.22. The van der Waals surface area contributed by atoms with Crippen LogP contribution in [0.2, 0.25) is 0 Å². The molecule has 0 saturated heterocycles. The summed E-state index contributed by atoms with van der Waals surface area (Å²) >= 11 is 0. The Bertz CT molecular complexity index is 3490. The highest BCUT2D eigenvalue weighted by Gasteiger charge is 2.22. The summed E-state index contributed by atoms with van der Waals surface area (Å²) in [5.41, 5.74) is 10.9. The quantitative estimate of drug-likeness (QED) is 0.0912. The summed E-state index contributed by atoms with van der Waals surface area (Å²) < 4.78 is 2.27. The Kier molecular flexibility index (Phi) is 8.80. The van der Waals surface area contributed by atoms with Gasteiger partial charge in [0.1, 0.15) is 5.82 Å². The second kappa shape index (κ2) is 15.1. The van der Waals surface area contributed by atoms with Gasteiger partial charge in [-0.3, -0.25) is 4.57 Å². The van der Waals surface area contributed by atoms with Crippen LogP contribution in [0.4, 0.5) is 0 Å². The number of fused-ring (bicyclic) bond motifs is 7. The second-order valence-corrected chi connectivity index (χ2v) is 18.0. The van der Waals surface area contributed by atoms with Crippen LogP contribution < -0.4 is 15.9 Å². The molecule has 4 heteroatoms. The molecule has 0 aliphatic rings. The molecule has 0 unspecified atom stereocenters. The zero-order chi connectivity index (χ0) is 41.0. The van der Waals surface area contributed by atoms with Crippen molar-refractivity contribution < 1.29 is 0 Å². The lowest BCUT2D eigenvalue weighted by Crippen LogP contribution is -2.21. The molecule has 0 atom stereocenters. The van der Waals surface area contributed by atoms with Gasteiger partial charge in [0, 0.05) is 38.4 Å². The van der Waals surface area contributed by atoms with E-state index < -0.39 is 7.92 Å². The Morgan fingerprint density at radius 3 is 1.48 bits per heavy atom. The van der Waals surface area contributed by atoms with E-state index in [1.807, 2.05) is 0 Å². The average Bonchev–Trinajstić information content (AvgIpc) is 3.74. The molecule has 12 rings (SSSR count). The number of hydrogen-bond donors (Lipinski definition) is 0. The molecule has 0 amide bonds. The molecule has 2 aromatic heterocycles. The highest BCUT2D eigenvalue weighted by molar-refractivity contribution is 7.79. The summed E-state index contributed by atoms with van der Waals surface area (Å²) in [6.07, 6.45) is 0. The maximum atomic E-state index is 5.53. The van der Waals surface area contributed by atoms with Crippen molar-refractivity contribution in [3.63, 3.8) is 0 Å². The number of hydrogen-bond acceptors (Lipinski definition) is 2. The summed E-state index contributed by atoms with van der Waals surface area (Å²) in [7, 11) is -0.915. The number of imidazole rings is 1. The van der Waals surface area contributed by atoms with Gasteiger partial charge in [-0.15, -0.1) is 0 Å². The first-order chi connectivity index (χ1) is 30.7. The van der Waals surface area contributed by atoms with Crippen molar-refractivity contribution in [3.05, 3.63) is 231 Å². The third kappa shape index (κ3) is 6.17. The van der Waals surface area contributed by atoms with Gasteiger partial charge in [0.05, 0.1) is 22.1 Å². The third-order valence-corrected chi connectivity index (χ3v) is 14.5. The van der Waals surface area contributed by atoms with E-state index in [9.17, 15) is 0 Å². The fourth-order valence-corrected chi connectivity index (χ4v) is 11.6. The molecule has 12 aromatic rings. The van der Waals surface area contributed by atoms with E-state index in [1.54, 1.807) is 0 Å². The van der Waals surface area contributed by atoms with E-state index in [0.717, 1.165) is 66.3 Å². The minimum absolute atomic E-state index is 0.915. The predicted octanol–water partition coefficient (Wildman–Crippen LogP) is 13.8.